The van der Waals surface area contributed by atoms with Crippen molar-refractivity contribution in [2.24, 2.45) is 0 Å². The van der Waals surface area contributed by atoms with Gasteiger partial charge in [-0.05, 0) is 27.7 Å². The van der Waals surface area contributed by atoms with Gasteiger partial charge in [-0.25, -0.2) is 14.2 Å². The Morgan fingerprint density at radius 2 is 2.16 bits per heavy atom. The number of nitrogens with zero attached hydrogens (tertiary/aromatic N) is 1. The molecule has 0 radical (unpaired) electrons. The molecule has 1 heterocycles. The zero-order valence-electron chi connectivity index (χ0n) is 11.2. The van der Waals surface area contributed by atoms with Gasteiger partial charge in [-0.3, -0.25) is 5.32 Å². The molecule has 0 aromatic carbocycles. The van der Waals surface area contributed by atoms with Crippen molar-refractivity contribution in [2.75, 3.05) is 11.9 Å². The second-order valence-electron chi connectivity index (χ2n) is 4.66. The number of halogens is 2. The Balaban J connectivity index is 2.98. The monoisotopic (exact) mass is 290 g/mol. The fraction of sp³-hybridized carbons (Fsp3) is 0.500. The van der Waals surface area contributed by atoms with Gasteiger partial charge in [-0.15, -0.1) is 0 Å². The summed E-state index contributed by atoms with van der Waals surface area (Å²) >= 11 is 5.78. The standard InChI is InChI=1S/C12H16ClFN2O3/c1-5-18-10-9(8(13)7(14)6-15-10)16-11(17)19-12(2,3)4/h6H,5H2,1-4H3,(H,16,17). The minimum atomic E-state index is -0.761. The maximum atomic E-state index is 13.3. The molecule has 5 nitrogen and oxygen atoms in total. The van der Waals surface area contributed by atoms with Crippen LogP contribution in [0.5, 0.6) is 5.88 Å². The molecular weight excluding hydrogens is 275 g/mol. The lowest BCUT2D eigenvalue weighted by molar-refractivity contribution is 0.0635. The highest BCUT2D eigenvalue weighted by Crippen LogP contribution is 2.32. The van der Waals surface area contributed by atoms with Gasteiger partial charge in [0.1, 0.15) is 16.3 Å². The summed E-state index contributed by atoms with van der Waals surface area (Å²) in [6.07, 6.45) is 0.163. The first-order valence-electron chi connectivity index (χ1n) is 5.71. The Bertz CT molecular complexity index is 475. The molecule has 1 N–H and O–H groups in total. The van der Waals surface area contributed by atoms with Crippen molar-refractivity contribution < 1.29 is 18.7 Å². The second kappa shape index (κ2) is 6.06. The number of pyridine rings is 1. The van der Waals surface area contributed by atoms with Gasteiger partial charge in [0.15, 0.2) is 5.82 Å². The number of rotatable bonds is 3. The molecule has 19 heavy (non-hydrogen) atoms. The molecule has 0 saturated carbocycles. The summed E-state index contributed by atoms with van der Waals surface area (Å²) in [4.78, 5) is 15.4. The molecule has 0 saturated heterocycles. The van der Waals surface area contributed by atoms with Crippen LogP contribution in [0.4, 0.5) is 14.9 Å². The van der Waals surface area contributed by atoms with Gasteiger partial charge in [0.25, 0.3) is 0 Å². The largest absolute Gasteiger partial charge is 0.476 e. The lowest BCUT2D eigenvalue weighted by Crippen LogP contribution is -2.27. The van der Waals surface area contributed by atoms with Crippen molar-refractivity contribution in [3.8, 4) is 5.88 Å². The third kappa shape index (κ3) is 4.55. The molecule has 0 bridgehead atoms. The van der Waals surface area contributed by atoms with E-state index >= 15 is 0 Å². The first kappa shape index (κ1) is 15.5. The molecule has 0 spiro atoms. The summed E-state index contributed by atoms with van der Waals surface area (Å²) in [5.41, 5.74) is -0.721. The number of hydrogen-bond donors (Lipinski definition) is 1. The molecular formula is C12H16ClFN2O3. The number of amides is 1. The Morgan fingerprint density at radius 3 is 2.68 bits per heavy atom. The third-order valence-electron chi connectivity index (χ3n) is 1.85. The highest BCUT2D eigenvalue weighted by atomic mass is 35.5. The fourth-order valence-corrected chi connectivity index (χ4v) is 1.39. The van der Waals surface area contributed by atoms with Crippen LogP contribution < -0.4 is 10.1 Å². The van der Waals surface area contributed by atoms with E-state index in [1.54, 1.807) is 27.7 Å². The number of carbonyl (C=O) groups is 1. The Kier molecular flexibility index (Phi) is 4.94. The Labute approximate surface area is 116 Å². The van der Waals surface area contributed by atoms with Gasteiger partial charge < -0.3 is 9.47 Å². The summed E-state index contributed by atoms with van der Waals surface area (Å²) in [5, 5.41) is 2.07. The number of nitrogens with one attached hydrogen (secondary N) is 1. The van der Waals surface area contributed by atoms with Gasteiger partial charge in [0.2, 0.25) is 5.88 Å². The molecule has 1 aromatic heterocycles. The van der Waals surface area contributed by atoms with Crippen LogP contribution in [0.2, 0.25) is 5.02 Å². The minimum Gasteiger partial charge on any atom is -0.476 e. The molecule has 1 aromatic rings. The van der Waals surface area contributed by atoms with Gasteiger partial charge in [-0.1, -0.05) is 11.6 Å². The van der Waals surface area contributed by atoms with Crippen LogP contribution in [0.25, 0.3) is 0 Å². The zero-order valence-corrected chi connectivity index (χ0v) is 12.0. The Morgan fingerprint density at radius 1 is 1.53 bits per heavy atom. The summed E-state index contributed by atoms with van der Waals surface area (Å²) in [6.45, 7) is 7.17. The highest BCUT2D eigenvalue weighted by molar-refractivity contribution is 6.34. The number of carbonyl (C=O) groups excluding carboxylic acids is 1. The molecule has 0 unspecified atom stereocenters. The summed E-state index contributed by atoms with van der Waals surface area (Å²) in [5.74, 6) is -0.712. The number of anilines is 1. The maximum Gasteiger partial charge on any atom is 0.412 e. The molecule has 0 fully saturated rings. The molecule has 106 valence electrons. The Hall–Kier alpha value is -1.56. The molecule has 0 aliphatic rings. The fourth-order valence-electron chi connectivity index (χ4n) is 1.21. The number of hydrogen-bond acceptors (Lipinski definition) is 4. The van der Waals surface area contributed by atoms with E-state index in [1.807, 2.05) is 0 Å². The summed E-state index contributed by atoms with van der Waals surface area (Å²) < 4.78 is 23.6. The van der Waals surface area contributed by atoms with E-state index in [0.29, 0.717) is 6.61 Å². The highest BCUT2D eigenvalue weighted by Gasteiger charge is 2.21. The van der Waals surface area contributed by atoms with Crippen molar-refractivity contribution in [1.82, 2.24) is 4.98 Å². The molecule has 0 aliphatic carbocycles. The van der Waals surface area contributed by atoms with E-state index in [2.05, 4.69) is 10.3 Å². The van der Waals surface area contributed by atoms with Gasteiger partial charge in [-0.2, -0.15) is 0 Å². The SMILES string of the molecule is CCOc1ncc(F)c(Cl)c1NC(=O)OC(C)(C)C. The molecule has 1 rings (SSSR count). The predicted molar refractivity (Wildman–Crippen MR) is 70.2 cm³/mol. The van der Waals surface area contributed by atoms with Crippen LogP contribution in [0.3, 0.4) is 0 Å². The lowest BCUT2D eigenvalue weighted by atomic mass is 10.2. The van der Waals surface area contributed by atoms with Crippen molar-refractivity contribution in [3.63, 3.8) is 0 Å². The van der Waals surface area contributed by atoms with E-state index in [0.717, 1.165) is 6.20 Å². The van der Waals surface area contributed by atoms with Crippen LogP contribution in [0.15, 0.2) is 6.20 Å². The number of aromatic nitrogens is 1. The quantitative estimate of drug-likeness (QED) is 0.923. The van der Waals surface area contributed by atoms with E-state index in [9.17, 15) is 9.18 Å². The van der Waals surface area contributed by atoms with Gasteiger partial charge >= 0.3 is 6.09 Å². The smallest absolute Gasteiger partial charge is 0.412 e. The molecule has 7 heteroatoms. The van der Waals surface area contributed by atoms with Crippen LogP contribution in [0, 0.1) is 5.82 Å². The maximum absolute atomic E-state index is 13.3. The first-order chi connectivity index (χ1) is 8.74. The average Bonchev–Trinajstić information content (AvgIpc) is 2.26. The van der Waals surface area contributed by atoms with E-state index < -0.39 is 17.5 Å². The first-order valence-corrected chi connectivity index (χ1v) is 6.09. The molecule has 0 atom stereocenters. The van der Waals surface area contributed by atoms with E-state index in [1.165, 1.54) is 0 Å². The third-order valence-corrected chi connectivity index (χ3v) is 2.21. The van der Waals surface area contributed by atoms with Crippen molar-refractivity contribution in [2.45, 2.75) is 33.3 Å². The van der Waals surface area contributed by atoms with Crippen LogP contribution in [-0.4, -0.2) is 23.3 Å². The lowest BCUT2D eigenvalue weighted by Gasteiger charge is -2.20. The van der Waals surface area contributed by atoms with Crippen molar-refractivity contribution in [1.29, 1.82) is 0 Å². The normalized spacial score (nSPS) is 11.1. The summed E-state index contributed by atoms with van der Waals surface area (Å²) in [6, 6.07) is 0. The van der Waals surface area contributed by atoms with Crippen molar-refractivity contribution >= 4 is 23.4 Å². The van der Waals surface area contributed by atoms with E-state index in [-0.39, 0.29) is 16.6 Å². The van der Waals surface area contributed by atoms with Gasteiger partial charge in [0, 0.05) is 0 Å². The second-order valence-corrected chi connectivity index (χ2v) is 5.04. The topological polar surface area (TPSA) is 60.5 Å². The van der Waals surface area contributed by atoms with E-state index in [4.69, 9.17) is 21.1 Å². The average molecular weight is 291 g/mol. The zero-order chi connectivity index (χ0) is 14.6. The predicted octanol–water partition coefficient (Wildman–Crippen LogP) is 3.62. The molecule has 1 amide bonds. The number of ether oxygens (including phenoxy) is 2. The summed E-state index contributed by atoms with van der Waals surface area (Å²) in [7, 11) is 0. The van der Waals surface area contributed by atoms with Crippen LogP contribution in [-0.2, 0) is 4.74 Å². The molecule has 0 aliphatic heterocycles. The van der Waals surface area contributed by atoms with Crippen molar-refractivity contribution in [3.05, 3.63) is 17.0 Å². The van der Waals surface area contributed by atoms with Gasteiger partial charge in [0.05, 0.1) is 12.8 Å². The minimum absolute atomic E-state index is 0.0414. The van der Waals surface area contributed by atoms with Crippen LogP contribution in [0.1, 0.15) is 27.7 Å². The van der Waals surface area contributed by atoms with Crippen LogP contribution >= 0.6 is 11.6 Å².